The Morgan fingerprint density at radius 1 is 0.963 bits per heavy atom. The van der Waals surface area contributed by atoms with E-state index in [4.69, 9.17) is 0 Å². The third-order valence-electron chi connectivity index (χ3n) is 4.64. The van der Waals surface area contributed by atoms with Gasteiger partial charge in [0.25, 0.3) is 0 Å². The van der Waals surface area contributed by atoms with Crippen LogP contribution in [0.4, 0.5) is 0 Å². The van der Waals surface area contributed by atoms with Gasteiger partial charge in [0.15, 0.2) is 0 Å². The lowest BCUT2D eigenvalue weighted by Crippen LogP contribution is -2.30. The molecule has 0 aromatic heterocycles. The third kappa shape index (κ3) is 4.35. The van der Waals surface area contributed by atoms with Crippen LogP contribution in [0.3, 0.4) is 0 Å². The zero-order valence-corrected chi connectivity index (χ0v) is 16.0. The number of hydrogen-bond donors (Lipinski definition) is 2. The van der Waals surface area contributed by atoms with E-state index in [1.165, 1.54) is 6.07 Å². The second-order valence-electron chi connectivity index (χ2n) is 6.62. The highest BCUT2D eigenvalue weighted by atomic mass is 32.2. The molecule has 27 heavy (non-hydrogen) atoms. The molecule has 0 bridgehead atoms. The predicted molar refractivity (Wildman–Crippen MR) is 105 cm³/mol. The standard InChI is InChI=1S/C21H21NO4S/c1-14-7-8-18(11-15(14)2)20(13-21(23)24)22-27(25,26)19-10-9-16-5-3-4-6-17(16)12-19/h3-12,20,22H,13H2,1-2H3,(H,23,24). The fourth-order valence-corrected chi connectivity index (χ4v) is 4.23. The van der Waals surface area contributed by atoms with Crippen molar-refractivity contribution >= 4 is 26.8 Å². The van der Waals surface area contributed by atoms with Crippen LogP contribution in [-0.4, -0.2) is 19.5 Å². The lowest BCUT2D eigenvalue weighted by Gasteiger charge is -2.19. The number of benzene rings is 3. The molecule has 1 atom stereocenters. The molecule has 0 aliphatic heterocycles. The SMILES string of the molecule is Cc1ccc(C(CC(=O)O)NS(=O)(=O)c2ccc3ccccc3c2)cc1C. The molecule has 0 aliphatic carbocycles. The number of hydrogen-bond acceptors (Lipinski definition) is 3. The minimum atomic E-state index is -3.88. The summed E-state index contributed by atoms with van der Waals surface area (Å²) in [5.74, 6) is -1.07. The van der Waals surface area contributed by atoms with Crippen molar-refractivity contribution in [1.82, 2.24) is 4.72 Å². The van der Waals surface area contributed by atoms with Crippen LogP contribution >= 0.6 is 0 Å². The molecule has 0 saturated carbocycles. The van der Waals surface area contributed by atoms with Gasteiger partial charge in [0.2, 0.25) is 10.0 Å². The van der Waals surface area contributed by atoms with Crippen molar-refractivity contribution in [3.05, 3.63) is 77.4 Å². The lowest BCUT2D eigenvalue weighted by molar-refractivity contribution is -0.137. The van der Waals surface area contributed by atoms with Crippen LogP contribution in [0, 0.1) is 13.8 Å². The van der Waals surface area contributed by atoms with Gasteiger partial charge in [-0.15, -0.1) is 0 Å². The summed E-state index contributed by atoms with van der Waals surface area (Å²) in [5, 5.41) is 11.0. The van der Waals surface area contributed by atoms with E-state index in [-0.39, 0.29) is 11.3 Å². The molecule has 0 saturated heterocycles. The Balaban J connectivity index is 1.97. The third-order valence-corrected chi connectivity index (χ3v) is 6.11. The van der Waals surface area contributed by atoms with Crippen LogP contribution in [0.25, 0.3) is 10.8 Å². The van der Waals surface area contributed by atoms with Crippen molar-refractivity contribution < 1.29 is 18.3 Å². The number of carboxylic acids is 1. The van der Waals surface area contributed by atoms with Gasteiger partial charge in [0.1, 0.15) is 0 Å². The maximum Gasteiger partial charge on any atom is 0.305 e. The number of fused-ring (bicyclic) bond motifs is 1. The highest BCUT2D eigenvalue weighted by Gasteiger charge is 2.24. The van der Waals surface area contributed by atoms with Crippen LogP contribution in [-0.2, 0) is 14.8 Å². The number of nitrogens with one attached hydrogen (secondary N) is 1. The average Bonchev–Trinajstić information content (AvgIpc) is 2.62. The smallest absolute Gasteiger partial charge is 0.305 e. The molecule has 2 N–H and O–H groups in total. The molecule has 0 heterocycles. The second-order valence-corrected chi connectivity index (χ2v) is 8.34. The predicted octanol–water partition coefficient (Wildman–Crippen LogP) is 3.95. The van der Waals surface area contributed by atoms with Crippen LogP contribution in [0.15, 0.2) is 65.6 Å². The van der Waals surface area contributed by atoms with E-state index in [0.717, 1.165) is 21.9 Å². The summed E-state index contributed by atoms with van der Waals surface area (Å²) in [4.78, 5) is 11.4. The largest absolute Gasteiger partial charge is 0.481 e. The minimum Gasteiger partial charge on any atom is -0.481 e. The Hall–Kier alpha value is -2.70. The number of aryl methyl sites for hydroxylation is 2. The zero-order chi connectivity index (χ0) is 19.6. The fraction of sp³-hybridized carbons (Fsp3) is 0.190. The topological polar surface area (TPSA) is 83.5 Å². The van der Waals surface area contributed by atoms with Gasteiger partial charge in [0, 0.05) is 0 Å². The number of carbonyl (C=O) groups is 1. The Labute approximate surface area is 158 Å². The highest BCUT2D eigenvalue weighted by Crippen LogP contribution is 2.24. The monoisotopic (exact) mass is 383 g/mol. The van der Waals surface area contributed by atoms with Gasteiger partial charge in [-0.3, -0.25) is 4.79 Å². The first kappa shape index (κ1) is 19.1. The Kier molecular flexibility index (Phi) is 5.30. The van der Waals surface area contributed by atoms with E-state index in [0.29, 0.717) is 5.56 Å². The molecule has 1 unspecified atom stereocenters. The molecular weight excluding hydrogens is 362 g/mol. The van der Waals surface area contributed by atoms with E-state index in [1.807, 2.05) is 50.2 Å². The first-order valence-corrected chi connectivity index (χ1v) is 10.0. The molecule has 0 spiro atoms. The molecule has 0 amide bonds. The second kappa shape index (κ2) is 7.50. The maximum absolute atomic E-state index is 12.9. The fourth-order valence-electron chi connectivity index (χ4n) is 2.97. The molecule has 0 aliphatic rings. The summed E-state index contributed by atoms with van der Waals surface area (Å²) in [6.45, 7) is 3.86. The van der Waals surface area contributed by atoms with Crippen LogP contribution in [0.2, 0.25) is 0 Å². The molecule has 0 fully saturated rings. The molecule has 3 rings (SSSR count). The van der Waals surface area contributed by atoms with Gasteiger partial charge >= 0.3 is 5.97 Å². The molecule has 140 valence electrons. The van der Waals surface area contributed by atoms with E-state index < -0.39 is 22.0 Å². The van der Waals surface area contributed by atoms with Gasteiger partial charge in [-0.2, -0.15) is 0 Å². The highest BCUT2D eigenvalue weighted by molar-refractivity contribution is 7.89. The van der Waals surface area contributed by atoms with Crippen LogP contribution in [0.5, 0.6) is 0 Å². The first-order chi connectivity index (χ1) is 12.8. The molecule has 6 heteroatoms. The number of rotatable bonds is 6. The van der Waals surface area contributed by atoms with Crippen molar-refractivity contribution in [1.29, 1.82) is 0 Å². The quantitative estimate of drug-likeness (QED) is 0.675. The van der Waals surface area contributed by atoms with Crippen LogP contribution in [0.1, 0.15) is 29.2 Å². The van der Waals surface area contributed by atoms with Crippen molar-refractivity contribution in [2.24, 2.45) is 0 Å². The lowest BCUT2D eigenvalue weighted by atomic mass is 10.00. The van der Waals surface area contributed by atoms with E-state index in [9.17, 15) is 18.3 Å². The minimum absolute atomic E-state index is 0.112. The first-order valence-electron chi connectivity index (χ1n) is 8.56. The number of aliphatic carboxylic acids is 1. The van der Waals surface area contributed by atoms with Gasteiger partial charge in [0.05, 0.1) is 17.4 Å². The van der Waals surface area contributed by atoms with Crippen molar-refractivity contribution in [2.75, 3.05) is 0 Å². The number of carboxylic acid groups (broad SMARTS) is 1. The van der Waals surface area contributed by atoms with Gasteiger partial charge in [-0.05, 0) is 53.4 Å². The average molecular weight is 383 g/mol. The van der Waals surface area contributed by atoms with E-state index in [2.05, 4.69) is 4.72 Å². The molecule has 3 aromatic rings. The summed E-state index contributed by atoms with van der Waals surface area (Å²) in [5.41, 5.74) is 2.67. The summed E-state index contributed by atoms with van der Waals surface area (Å²) < 4.78 is 28.3. The van der Waals surface area contributed by atoms with Crippen molar-refractivity contribution in [2.45, 2.75) is 31.2 Å². The molecule has 0 radical (unpaired) electrons. The zero-order valence-electron chi connectivity index (χ0n) is 15.1. The van der Waals surface area contributed by atoms with Gasteiger partial charge in [-0.25, -0.2) is 13.1 Å². The van der Waals surface area contributed by atoms with E-state index >= 15 is 0 Å². The van der Waals surface area contributed by atoms with Crippen LogP contribution < -0.4 is 4.72 Å². The molecular formula is C21H21NO4S. The normalized spacial score (nSPS) is 12.8. The Morgan fingerprint density at radius 3 is 2.33 bits per heavy atom. The summed E-state index contributed by atoms with van der Waals surface area (Å²) in [7, 11) is -3.88. The molecule has 3 aromatic carbocycles. The van der Waals surface area contributed by atoms with Crippen molar-refractivity contribution in [3.8, 4) is 0 Å². The maximum atomic E-state index is 12.9. The summed E-state index contributed by atoms with van der Waals surface area (Å²) in [6, 6.07) is 16.9. The molecule has 5 nitrogen and oxygen atoms in total. The number of sulfonamides is 1. The summed E-state index contributed by atoms with van der Waals surface area (Å²) >= 11 is 0. The van der Waals surface area contributed by atoms with Gasteiger partial charge < -0.3 is 5.11 Å². The van der Waals surface area contributed by atoms with E-state index in [1.54, 1.807) is 18.2 Å². The Morgan fingerprint density at radius 2 is 1.67 bits per heavy atom. The Bertz CT molecular complexity index is 1110. The van der Waals surface area contributed by atoms with Gasteiger partial charge in [-0.1, -0.05) is 48.5 Å². The summed E-state index contributed by atoms with van der Waals surface area (Å²) in [6.07, 6.45) is -0.338. The van der Waals surface area contributed by atoms with Crippen molar-refractivity contribution in [3.63, 3.8) is 0 Å².